The molecule has 120 valence electrons. The molecule has 0 radical (unpaired) electrons. The van der Waals surface area contributed by atoms with Gasteiger partial charge in [-0.2, -0.15) is 0 Å². The Labute approximate surface area is 145 Å². The third kappa shape index (κ3) is 3.47. The highest BCUT2D eigenvalue weighted by molar-refractivity contribution is 7.10. The molecule has 0 aliphatic carbocycles. The van der Waals surface area contributed by atoms with Crippen molar-refractivity contribution < 1.29 is 4.39 Å². The molecule has 1 aliphatic rings. The third-order valence-corrected chi connectivity index (χ3v) is 5.18. The summed E-state index contributed by atoms with van der Waals surface area (Å²) in [4.78, 5) is 3.45. The molecule has 1 aliphatic heterocycles. The first-order valence-electron chi connectivity index (χ1n) is 7.11. The van der Waals surface area contributed by atoms with Gasteiger partial charge in [0.05, 0.1) is 6.04 Å². The van der Waals surface area contributed by atoms with E-state index in [-0.39, 0.29) is 24.3 Å². The molecule has 0 saturated carbocycles. The summed E-state index contributed by atoms with van der Waals surface area (Å²) in [6.45, 7) is 5.43. The lowest BCUT2D eigenvalue weighted by Crippen LogP contribution is -2.45. The molecule has 0 bridgehead atoms. The summed E-state index contributed by atoms with van der Waals surface area (Å²) in [5.74, 6) is -0.181. The van der Waals surface area contributed by atoms with E-state index in [1.165, 1.54) is 0 Å². The van der Waals surface area contributed by atoms with Gasteiger partial charge in [-0.15, -0.1) is 23.7 Å². The number of thiophene rings is 1. The van der Waals surface area contributed by atoms with Crippen molar-refractivity contribution in [3.63, 3.8) is 0 Å². The maximum Gasteiger partial charge on any atom is 0.132 e. The van der Waals surface area contributed by atoms with Crippen LogP contribution in [0.3, 0.4) is 0 Å². The van der Waals surface area contributed by atoms with Crippen molar-refractivity contribution in [2.24, 2.45) is 0 Å². The van der Waals surface area contributed by atoms with E-state index >= 15 is 0 Å². The molecular weight excluding hydrogens is 342 g/mol. The molecule has 2 heterocycles. The largest absolute Gasteiger partial charge is 0.314 e. The summed E-state index contributed by atoms with van der Waals surface area (Å²) in [6.07, 6.45) is 0. The Morgan fingerprint density at radius 3 is 2.64 bits per heavy atom. The highest BCUT2D eigenvalue weighted by atomic mass is 35.5. The van der Waals surface area contributed by atoms with Gasteiger partial charge >= 0.3 is 0 Å². The predicted octanol–water partition coefficient (Wildman–Crippen LogP) is 4.27. The molecule has 6 heteroatoms. The molecular formula is C16H19Cl2FN2S. The Kier molecular flexibility index (Phi) is 6.24. The number of hydrogen-bond donors (Lipinski definition) is 1. The van der Waals surface area contributed by atoms with Crippen LogP contribution in [0.5, 0.6) is 0 Å². The van der Waals surface area contributed by atoms with Crippen LogP contribution in [0.1, 0.15) is 22.0 Å². The summed E-state index contributed by atoms with van der Waals surface area (Å²) >= 11 is 8.01. The van der Waals surface area contributed by atoms with Crippen LogP contribution in [0.25, 0.3) is 0 Å². The smallest absolute Gasteiger partial charge is 0.132 e. The van der Waals surface area contributed by atoms with Gasteiger partial charge in [-0.1, -0.05) is 23.7 Å². The summed E-state index contributed by atoms with van der Waals surface area (Å²) in [5.41, 5.74) is 1.26. The number of halogens is 3. The molecule has 0 unspecified atom stereocenters. The Hall–Kier alpha value is -0.650. The second-order valence-electron chi connectivity index (χ2n) is 5.30. The van der Waals surface area contributed by atoms with Crippen LogP contribution in [0.2, 0.25) is 5.02 Å². The standard InChI is InChI=1S/C16H18ClFN2S.ClH/c1-11-4-5-12(17)14(15(11)18)16(13-3-2-10-21-13)20-8-6-19-7-9-20;/h2-5,10,16,19H,6-9H2,1H3;1H/t16-;/m0./s1. The molecule has 0 spiro atoms. The van der Waals surface area contributed by atoms with Crippen molar-refractivity contribution >= 4 is 35.3 Å². The van der Waals surface area contributed by atoms with E-state index in [1.807, 2.05) is 11.4 Å². The molecule has 2 nitrogen and oxygen atoms in total. The maximum atomic E-state index is 14.7. The van der Waals surface area contributed by atoms with Crippen molar-refractivity contribution in [3.8, 4) is 0 Å². The first-order valence-corrected chi connectivity index (χ1v) is 8.37. The van der Waals surface area contributed by atoms with E-state index in [9.17, 15) is 4.39 Å². The minimum absolute atomic E-state index is 0. The normalized spacial score (nSPS) is 17.0. The van der Waals surface area contributed by atoms with Gasteiger partial charge in [0, 0.05) is 41.6 Å². The van der Waals surface area contributed by atoms with Gasteiger partial charge < -0.3 is 5.32 Å². The first-order chi connectivity index (χ1) is 10.2. The number of nitrogens with zero attached hydrogens (tertiary/aromatic N) is 1. The number of nitrogens with one attached hydrogen (secondary N) is 1. The monoisotopic (exact) mass is 360 g/mol. The van der Waals surface area contributed by atoms with Crippen molar-refractivity contribution in [1.29, 1.82) is 0 Å². The third-order valence-electron chi connectivity index (χ3n) is 3.92. The molecule has 22 heavy (non-hydrogen) atoms. The van der Waals surface area contributed by atoms with E-state index in [0.717, 1.165) is 31.1 Å². The first kappa shape index (κ1) is 17.7. The predicted molar refractivity (Wildman–Crippen MR) is 94.0 cm³/mol. The Bertz CT molecular complexity index is 613. The Morgan fingerprint density at radius 2 is 2.00 bits per heavy atom. The van der Waals surface area contributed by atoms with Gasteiger partial charge in [-0.05, 0) is 30.0 Å². The fourth-order valence-electron chi connectivity index (χ4n) is 2.82. The lowest BCUT2D eigenvalue weighted by molar-refractivity contribution is 0.197. The molecule has 1 aromatic heterocycles. The van der Waals surface area contributed by atoms with Gasteiger partial charge in [-0.3, -0.25) is 4.90 Å². The molecule has 1 fully saturated rings. The zero-order chi connectivity index (χ0) is 14.8. The highest BCUT2D eigenvalue weighted by Crippen LogP contribution is 2.38. The fraction of sp³-hybridized carbons (Fsp3) is 0.375. The lowest BCUT2D eigenvalue weighted by Gasteiger charge is -2.35. The van der Waals surface area contributed by atoms with Crippen LogP contribution in [-0.2, 0) is 0 Å². The number of benzene rings is 1. The van der Waals surface area contributed by atoms with E-state index < -0.39 is 0 Å². The van der Waals surface area contributed by atoms with Gasteiger partial charge in [0.25, 0.3) is 0 Å². The number of rotatable bonds is 3. The minimum Gasteiger partial charge on any atom is -0.314 e. The maximum absolute atomic E-state index is 14.7. The van der Waals surface area contributed by atoms with Crippen molar-refractivity contribution in [1.82, 2.24) is 10.2 Å². The van der Waals surface area contributed by atoms with Crippen LogP contribution in [-0.4, -0.2) is 31.1 Å². The summed E-state index contributed by atoms with van der Waals surface area (Å²) < 4.78 is 14.7. The summed E-state index contributed by atoms with van der Waals surface area (Å²) in [6, 6.07) is 7.52. The van der Waals surface area contributed by atoms with Gasteiger partial charge in [0.15, 0.2) is 0 Å². The molecule has 1 aromatic carbocycles. The topological polar surface area (TPSA) is 15.3 Å². The van der Waals surface area contributed by atoms with Crippen molar-refractivity contribution in [3.05, 3.63) is 56.5 Å². The van der Waals surface area contributed by atoms with Crippen LogP contribution < -0.4 is 5.32 Å². The van der Waals surface area contributed by atoms with Crippen LogP contribution in [0, 0.1) is 12.7 Å². The van der Waals surface area contributed by atoms with Gasteiger partial charge in [-0.25, -0.2) is 4.39 Å². The fourth-order valence-corrected chi connectivity index (χ4v) is 3.94. The highest BCUT2D eigenvalue weighted by Gasteiger charge is 2.29. The second kappa shape index (κ2) is 7.75. The van der Waals surface area contributed by atoms with Crippen molar-refractivity contribution in [2.45, 2.75) is 13.0 Å². The van der Waals surface area contributed by atoms with Crippen LogP contribution in [0.15, 0.2) is 29.6 Å². The molecule has 1 N–H and O–H groups in total. The minimum atomic E-state index is -0.181. The van der Waals surface area contributed by atoms with Crippen LogP contribution >= 0.6 is 35.3 Å². The molecule has 1 saturated heterocycles. The zero-order valence-corrected chi connectivity index (χ0v) is 14.7. The number of piperazine rings is 1. The molecule has 2 aromatic rings. The van der Waals surface area contributed by atoms with Gasteiger partial charge in [0.1, 0.15) is 5.82 Å². The molecule has 1 atom stereocenters. The summed E-state index contributed by atoms with van der Waals surface area (Å²) in [5, 5.41) is 5.89. The Morgan fingerprint density at radius 1 is 1.27 bits per heavy atom. The quantitative estimate of drug-likeness (QED) is 0.879. The van der Waals surface area contributed by atoms with E-state index in [1.54, 1.807) is 30.4 Å². The average Bonchev–Trinajstić information content (AvgIpc) is 3.02. The lowest BCUT2D eigenvalue weighted by atomic mass is 9.99. The summed E-state index contributed by atoms with van der Waals surface area (Å²) in [7, 11) is 0. The molecule has 3 rings (SSSR count). The SMILES string of the molecule is Cc1ccc(Cl)c([C@H](c2cccs2)N2CCNCC2)c1F.Cl. The van der Waals surface area contributed by atoms with Crippen molar-refractivity contribution in [2.75, 3.05) is 26.2 Å². The van der Waals surface area contributed by atoms with E-state index in [4.69, 9.17) is 11.6 Å². The number of hydrogen-bond acceptors (Lipinski definition) is 3. The Balaban J connectivity index is 0.00000176. The van der Waals surface area contributed by atoms with E-state index in [2.05, 4.69) is 16.3 Å². The zero-order valence-electron chi connectivity index (χ0n) is 12.3. The van der Waals surface area contributed by atoms with E-state index in [0.29, 0.717) is 16.1 Å². The number of aryl methyl sites for hydroxylation is 1. The molecule has 0 amide bonds. The van der Waals surface area contributed by atoms with Gasteiger partial charge in [0.2, 0.25) is 0 Å². The van der Waals surface area contributed by atoms with Crippen LogP contribution in [0.4, 0.5) is 4.39 Å². The second-order valence-corrected chi connectivity index (χ2v) is 6.68. The average molecular weight is 361 g/mol.